The molecule has 0 atom stereocenters. The molecule has 2 aromatic carbocycles. The minimum absolute atomic E-state index is 0.0918. The molecule has 5 heteroatoms. The molecule has 0 saturated heterocycles. The summed E-state index contributed by atoms with van der Waals surface area (Å²) in [6.07, 6.45) is 0.202. The van der Waals surface area contributed by atoms with E-state index in [1.807, 2.05) is 12.1 Å². The standard InChI is InChI=1S/C14H8BrCl3O/c15-9-2-1-8(12(17)6-9)5-14(19)11-4-3-10(16)7-13(11)18/h1-4,6-7H,5H2. The Morgan fingerprint density at radius 3 is 2.37 bits per heavy atom. The van der Waals surface area contributed by atoms with Gasteiger partial charge in [-0.1, -0.05) is 56.8 Å². The zero-order valence-electron chi connectivity index (χ0n) is 9.59. The van der Waals surface area contributed by atoms with Crippen LogP contribution in [0.1, 0.15) is 15.9 Å². The quantitative estimate of drug-likeness (QED) is 0.614. The number of ketones is 1. The number of benzene rings is 2. The lowest BCUT2D eigenvalue weighted by Crippen LogP contribution is -2.04. The van der Waals surface area contributed by atoms with Crippen molar-refractivity contribution in [3.05, 3.63) is 67.1 Å². The van der Waals surface area contributed by atoms with Gasteiger partial charge in [0.15, 0.2) is 5.78 Å². The third-order valence-corrected chi connectivity index (χ3v) is 3.99. The fraction of sp³-hybridized carbons (Fsp3) is 0.0714. The summed E-state index contributed by atoms with van der Waals surface area (Å²) >= 11 is 21.2. The molecular weight excluding hydrogens is 370 g/mol. The summed E-state index contributed by atoms with van der Waals surface area (Å²) in [5.41, 5.74) is 1.21. The van der Waals surface area contributed by atoms with E-state index in [-0.39, 0.29) is 12.2 Å². The van der Waals surface area contributed by atoms with Crippen LogP contribution >= 0.6 is 50.7 Å². The number of rotatable bonds is 3. The molecule has 0 saturated carbocycles. The van der Waals surface area contributed by atoms with Crippen molar-refractivity contribution < 1.29 is 4.79 Å². The molecule has 0 aliphatic rings. The molecule has 0 amide bonds. The van der Waals surface area contributed by atoms with Crippen molar-refractivity contribution >= 4 is 56.5 Å². The van der Waals surface area contributed by atoms with Gasteiger partial charge in [0.25, 0.3) is 0 Å². The molecule has 0 radical (unpaired) electrons. The lowest BCUT2D eigenvalue weighted by atomic mass is 10.0. The molecule has 0 N–H and O–H groups in total. The Labute approximate surface area is 134 Å². The van der Waals surface area contributed by atoms with Crippen LogP contribution < -0.4 is 0 Å². The largest absolute Gasteiger partial charge is 0.294 e. The molecule has 0 unspecified atom stereocenters. The number of Topliss-reactive ketones (excluding diaryl/α,β-unsaturated/α-hetero) is 1. The monoisotopic (exact) mass is 376 g/mol. The molecule has 0 bridgehead atoms. The van der Waals surface area contributed by atoms with Gasteiger partial charge in [-0.2, -0.15) is 0 Å². The van der Waals surface area contributed by atoms with E-state index in [1.54, 1.807) is 24.3 Å². The molecule has 0 aliphatic heterocycles. The SMILES string of the molecule is O=C(Cc1ccc(Br)cc1Cl)c1ccc(Cl)cc1Cl. The van der Waals surface area contributed by atoms with Crippen molar-refractivity contribution in [2.24, 2.45) is 0 Å². The van der Waals surface area contributed by atoms with E-state index in [9.17, 15) is 4.79 Å². The van der Waals surface area contributed by atoms with E-state index in [0.717, 1.165) is 10.0 Å². The second-order valence-electron chi connectivity index (χ2n) is 3.96. The van der Waals surface area contributed by atoms with Crippen LogP contribution in [0.4, 0.5) is 0 Å². The van der Waals surface area contributed by atoms with E-state index in [0.29, 0.717) is 20.6 Å². The van der Waals surface area contributed by atoms with Gasteiger partial charge < -0.3 is 0 Å². The van der Waals surface area contributed by atoms with E-state index < -0.39 is 0 Å². The molecule has 1 nitrogen and oxygen atoms in total. The summed E-state index contributed by atoms with van der Waals surface area (Å²) in [4.78, 5) is 12.2. The van der Waals surface area contributed by atoms with E-state index in [4.69, 9.17) is 34.8 Å². The van der Waals surface area contributed by atoms with Gasteiger partial charge in [0.1, 0.15) is 0 Å². The first-order chi connectivity index (χ1) is 8.97. The van der Waals surface area contributed by atoms with Crippen LogP contribution in [0.2, 0.25) is 15.1 Å². The van der Waals surface area contributed by atoms with Gasteiger partial charge in [-0.15, -0.1) is 0 Å². The van der Waals surface area contributed by atoms with Crippen molar-refractivity contribution in [1.29, 1.82) is 0 Å². The maximum Gasteiger partial charge on any atom is 0.168 e. The number of hydrogen-bond acceptors (Lipinski definition) is 1. The number of carbonyl (C=O) groups excluding carboxylic acids is 1. The average molecular weight is 378 g/mol. The zero-order valence-corrected chi connectivity index (χ0v) is 13.4. The van der Waals surface area contributed by atoms with Crippen molar-refractivity contribution in [2.45, 2.75) is 6.42 Å². The minimum atomic E-state index is -0.0918. The Balaban J connectivity index is 2.25. The van der Waals surface area contributed by atoms with E-state index in [1.165, 1.54) is 0 Å². The highest BCUT2D eigenvalue weighted by molar-refractivity contribution is 9.10. The predicted octanol–water partition coefficient (Wildman–Crippen LogP) is 5.83. The van der Waals surface area contributed by atoms with E-state index in [2.05, 4.69) is 15.9 Å². The highest BCUT2D eigenvalue weighted by Crippen LogP contribution is 2.25. The first-order valence-corrected chi connectivity index (χ1v) is 7.32. The molecule has 0 spiro atoms. The first kappa shape index (κ1) is 14.9. The molecule has 2 aromatic rings. The zero-order chi connectivity index (χ0) is 14.0. The maximum absolute atomic E-state index is 12.2. The lowest BCUT2D eigenvalue weighted by Gasteiger charge is -2.06. The Kier molecular flexibility index (Phi) is 4.91. The van der Waals surface area contributed by atoms with Crippen LogP contribution in [0.3, 0.4) is 0 Å². The first-order valence-electron chi connectivity index (χ1n) is 5.39. The van der Waals surface area contributed by atoms with Gasteiger partial charge in [0, 0.05) is 26.5 Å². The van der Waals surface area contributed by atoms with Gasteiger partial charge in [-0.05, 0) is 35.9 Å². The summed E-state index contributed by atoms with van der Waals surface area (Å²) in [5.74, 6) is -0.0918. The van der Waals surface area contributed by atoms with Crippen LogP contribution in [0, 0.1) is 0 Å². The second-order valence-corrected chi connectivity index (χ2v) is 6.13. The van der Waals surface area contributed by atoms with Crippen LogP contribution in [0.15, 0.2) is 40.9 Å². The van der Waals surface area contributed by atoms with Crippen LogP contribution in [0.25, 0.3) is 0 Å². The molecule has 0 fully saturated rings. The number of carbonyl (C=O) groups is 1. The van der Waals surface area contributed by atoms with Gasteiger partial charge in [-0.25, -0.2) is 0 Å². The fourth-order valence-electron chi connectivity index (χ4n) is 1.65. The van der Waals surface area contributed by atoms with Crippen molar-refractivity contribution in [3.63, 3.8) is 0 Å². The summed E-state index contributed by atoms with van der Waals surface area (Å²) < 4.78 is 0.873. The van der Waals surface area contributed by atoms with Crippen molar-refractivity contribution in [3.8, 4) is 0 Å². The highest BCUT2D eigenvalue weighted by Gasteiger charge is 2.13. The van der Waals surface area contributed by atoms with Gasteiger partial charge in [0.2, 0.25) is 0 Å². The molecule has 2 rings (SSSR count). The Morgan fingerprint density at radius 1 is 1.00 bits per heavy atom. The van der Waals surface area contributed by atoms with Crippen LogP contribution in [0.5, 0.6) is 0 Å². The fourth-order valence-corrected chi connectivity index (χ4v) is 2.90. The molecule has 19 heavy (non-hydrogen) atoms. The highest BCUT2D eigenvalue weighted by atomic mass is 79.9. The second kappa shape index (κ2) is 6.27. The molecule has 0 heterocycles. The Bertz CT molecular complexity index is 641. The van der Waals surface area contributed by atoms with Crippen molar-refractivity contribution in [1.82, 2.24) is 0 Å². The number of hydrogen-bond donors (Lipinski definition) is 0. The average Bonchev–Trinajstić information content (AvgIpc) is 2.32. The van der Waals surface area contributed by atoms with Crippen LogP contribution in [-0.4, -0.2) is 5.78 Å². The van der Waals surface area contributed by atoms with Crippen LogP contribution in [-0.2, 0) is 6.42 Å². The van der Waals surface area contributed by atoms with Gasteiger partial charge >= 0.3 is 0 Å². The smallest absolute Gasteiger partial charge is 0.168 e. The van der Waals surface area contributed by atoms with Gasteiger partial charge in [-0.3, -0.25) is 4.79 Å². The maximum atomic E-state index is 12.2. The summed E-state index contributed by atoms with van der Waals surface area (Å²) in [5, 5.41) is 1.40. The molecule has 0 aromatic heterocycles. The van der Waals surface area contributed by atoms with E-state index >= 15 is 0 Å². The lowest BCUT2D eigenvalue weighted by molar-refractivity contribution is 0.0993. The topological polar surface area (TPSA) is 17.1 Å². The summed E-state index contributed by atoms with van der Waals surface area (Å²) in [7, 11) is 0. The third-order valence-electron chi connectivity index (χ3n) is 2.60. The number of halogens is 4. The molecule has 0 aliphatic carbocycles. The Morgan fingerprint density at radius 2 is 1.74 bits per heavy atom. The normalized spacial score (nSPS) is 10.5. The Hall–Kier alpha value is -0.540. The predicted molar refractivity (Wildman–Crippen MR) is 83.6 cm³/mol. The molecular formula is C14H8BrCl3O. The van der Waals surface area contributed by atoms with Gasteiger partial charge in [0.05, 0.1) is 5.02 Å². The molecule has 98 valence electrons. The summed E-state index contributed by atoms with van der Waals surface area (Å²) in [6, 6.07) is 10.2. The minimum Gasteiger partial charge on any atom is -0.294 e. The third kappa shape index (κ3) is 3.73. The van der Waals surface area contributed by atoms with Crippen molar-refractivity contribution in [2.75, 3.05) is 0 Å². The summed E-state index contributed by atoms with van der Waals surface area (Å²) in [6.45, 7) is 0.